The normalized spacial score (nSPS) is 10.7. The van der Waals surface area contributed by atoms with Crippen molar-refractivity contribution in [1.29, 1.82) is 5.41 Å². The Morgan fingerprint density at radius 3 is 2.47 bits per heavy atom. The third-order valence-corrected chi connectivity index (χ3v) is 1.98. The summed E-state index contributed by atoms with van der Waals surface area (Å²) in [4.78, 5) is 2.05. The molecule has 0 radical (unpaired) electrons. The van der Waals surface area contributed by atoms with Crippen molar-refractivity contribution in [3.05, 3.63) is 23.8 Å². The van der Waals surface area contributed by atoms with Crippen molar-refractivity contribution in [3.8, 4) is 0 Å². The number of nitrogens with zero attached hydrogens (tertiary/aromatic N) is 3. The number of nitrogens with one attached hydrogen (secondary N) is 1. The van der Waals surface area contributed by atoms with E-state index in [1.807, 2.05) is 39.2 Å². The molecule has 0 heterocycles. The summed E-state index contributed by atoms with van der Waals surface area (Å²) in [7, 11) is 4.01. The monoisotopic (exact) mass is 204 g/mol. The minimum atomic E-state index is 0.212. The first-order valence-corrected chi connectivity index (χ1v) is 4.75. The average Bonchev–Trinajstić information content (AvgIpc) is 2.14. The van der Waals surface area contributed by atoms with E-state index in [1.165, 1.54) is 5.69 Å². The Bertz CT molecular complexity index is 394. The maximum Gasteiger partial charge on any atom is 0.140 e. The van der Waals surface area contributed by atoms with Crippen LogP contribution in [0.25, 0.3) is 0 Å². The van der Waals surface area contributed by atoms with Crippen LogP contribution in [0.3, 0.4) is 0 Å². The molecule has 0 saturated carbocycles. The van der Waals surface area contributed by atoms with Crippen molar-refractivity contribution >= 4 is 17.2 Å². The van der Waals surface area contributed by atoms with Crippen LogP contribution >= 0.6 is 0 Å². The van der Waals surface area contributed by atoms with Crippen LogP contribution in [-0.4, -0.2) is 19.9 Å². The van der Waals surface area contributed by atoms with Crippen molar-refractivity contribution in [1.82, 2.24) is 0 Å². The summed E-state index contributed by atoms with van der Waals surface area (Å²) in [6, 6.07) is 5.86. The molecule has 1 aromatic rings. The Morgan fingerprint density at radius 1 is 1.33 bits per heavy atom. The number of rotatable bonds is 2. The van der Waals surface area contributed by atoms with Gasteiger partial charge in [0, 0.05) is 19.8 Å². The first-order chi connectivity index (χ1) is 7.00. The number of hydrogen-bond donors (Lipinski definition) is 1. The molecule has 0 atom stereocenters. The summed E-state index contributed by atoms with van der Waals surface area (Å²) in [6.07, 6.45) is 0. The minimum Gasteiger partial charge on any atom is -0.377 e. The molecular weight excluding hydrogens is 188 g/mol. The summed E-state index contributed by atoms with van der Waals surface area (Å²) in [5.41, 5.74) is 3.10. The standard InChI is InChI=1S/C11H16N4/c1-8-7-10(14-13-9(2)12)5-6-11(8)15(3)4/h5-7,12H,1-4H3. The molecule has 4 nitrogen and oxygen atoms in total. The highest BCUT2D eigenvalue weighted by molar-refractivity contribution is 5.76. The highest BCUT2D eigenvalue weighted by Crippen LogP contribution is 2.23. The van der Waals surface area contributed by atoms with Gasteiger partial charge in [-0.1, -0.05) is 0 Å². The second-order valence-electron chi connectivity index (χ2n) is 3.65. The predicted molar refractivity (Wildman–Crippen MR) is 63.4 cm³/mol. The summed E-state index contributed by atoms with van der Waals surface area (Å²) in [6.45, 7) is 3.64. The molecule has 1 aromatic carbocycles. The average molecular weight is 204 g/mol. The molecule has 0 aliphatic rings. The molecule has 0 spiro atoms. The van der Waals surface area contributed by atoms with E-state index in [0.717, 1.165) is 11.3 Å². The number of hydrogen-bond acceptors (Lipinski definition) is 3. The summed E-state index contributed by atoms with van der Waals surface area (Å²) in [5, 5.41) is 14.8. The van der Waals surface area contributed by atoms with Crippen LogP contribution in [0, 0.1) is 12.3 Å². The van der Waals surface area contributed by atoms with Crippen LogP contribution < -0.4 is 4.90 Å². The van der Waals surface area contributed by atoms with Crippen molar-refractivity contribution < 1.29 is 0 Å². The van der Waals surface area contributed by atoms with Gasteiger partial charge in [-0.3, -0.25) is 5.41 Å². The van der Waals surface area contributed by atoms with Crippen molar-refractivity contribution in [2.24, 2.45) is 10.2 Å². The molecule has 0 unspecified atom stereocenters. The van der Waals surface area contributed by atoms with Gasteiger partial charge in [0.25, 0.3) is 0 Å². The summed E-state index contributed by atoms with van der Waals surface area (Å²) < 4.78 is 0. The molecule has 4 heteroatoms. The smallest absolute Gasteiger partial charge is 0.140 e. The van der Waals surface area contributed by atoms with Gasteiger partial charge in [-0.05, 0) is 37.6 Å². The molecule has 15 heavy (non-hydrogen) atoms. The molecule has 0 bridgehead atoms. The molecule has 0 saturated heterocycles. The molecular formula is C11H16N4. The molecule has 1 N–H and O–H groups in total. The minimum absolute atomic E-state index is 0.212. The first-order valence-electron chi connectivity index (χ1n) is 4.75. The topological polar surface area (TPSA) is 51.8 Å². The lowest BCUT2D eigenvalue weighted by Gasteiger charge is -2.15. The van der Waals surface area contributed by atoms with E-state index < -0.39 is 0 Å². The highest BCUT2D eigenvalue weighted by Gasteiger charge is 2.00. The fraction of sp³-hybridized carbons (Fsp3) is 0.364. The number of azo groups is 1. The number of amidine groups is 1. The second kappa shape index (κ2) is 4.68. The largest absolute Gasteiger partial charge is 0.377 e. The maximum absolute atomic E-state index is 7.14. The van der Waals surface area contributed by atoms with Crippen LogP contribution in [-0.2, 0) is 0 Å². The predicted octanol–water partition coefficient (Wildman–Crippen LogP) is 3.14. The third-order valence-electron chi connectivity index (χ3n) is 1.98. The molecule has 0 aliphatic carbocycles. The Morgan fingerprint density at radius 2 is 2.00 bits per heavy atom. The van der Waals surface area contributed by atoms with Crippen LogP contribution in [0.15, 0.2) is 28.4 Å². The van der Waals surface area contributed by atoms with E-state index in [1.54, 1.807) is 6.92 Å². The van der Waals surface area contributed by atoms with Gasteiger partial charge in [-0.25, -0.2) is 0 Å². The molecule has 0 aliphatic heterocycles. The van der Waals surface area contributed by atoms with Crippen molar-refractivity contribution in [2.45, 2.75) is 13.8 Å². The van der Waals surface area contributed by atoms with Crippen LogP contribution in [0.1, 0.15) is 12.5 Å². The van der Waals surface area contributed by atoms with Gasteiger partial charge in [0.15, 0.2) is 0 Å². The number of aryl methyl sites for hydroxylation is 1. The zero-order chi connectivity index (χ0) is 11.4. The third kappa shape index (κ3) is 3.16. The molecule has 0 aromatic heterocycles. The zero-order valence-corrected chi connectivity index (χ0v) is 9.57. The number of benzene rings is 1. The van der Waals surface area contributed by atoms with Gasteiger partial charge in [0.05, 0.1) is 5.69 Å². The Labute approximate surface area is 90.1 Å². The first kappa shape index (κ1) is 11.4. The van der Waals surface area contributed by atoms with Gasteiger partial charge in [-0.15, -0.1) is 10.2 Å². The van der Waals surface area contributed by atoms with Gasteiger partial charge in [-0.2, -0.15) is 0 Å². The quantitative estimate of drug-likeness (QED) is 0.449. The fourth-order valence-corrected chi connectivity index (χ4v) is 1.34. The summed E-state index contributed by atoms with van der Waals surface area (Å²) >= 11 is 0. The van der Waals surface area contributed by atoms with Crippen LogP contribution in [0.4, 0.5) is 11.4 Å². The Balaban J connectivity index is 2.96. The lowest BCUT2D eigenvalue weighted by atomic mass is 10.1. The van der Waals surface area contributed by atoms with E-state index in [-0.39, 0.29) is 5.84 Å². The lowest BCUT2D eigenvalue weighted by Crippen LogP contribution is -2.09. The van der Waals surface area contributed by atoms with Crippen molar-refractivity contribution in [2.75, 3.05) is 19.0 Å². The molecule has 0 fully saturated rings. The SMILES string of the molecule is CC(=N)N=Nc1ccc(N(C)C)c(C)c1. The Kier molecular flexibility index (Phi) is 3.55. The van der Waals surface area contributed by atoms with Gasteiger partial charge in [0.1, 0.15) is 5.84 Å². The summed E-state index contributed by atoms with van der Waals surface area (Å²) in [5.74, 6) is 0.212. The van der Waals surface area contributed by atoms with E-state index >= 15 is 0 Å². The lowest BCUT2D eigenvalue weighted by molar-refractivity contribution is 1.11. The molecule has 1 rings (SSSR count). The van der Waals surface area contributed by atoms with E-state index in [4.69, 9.17) is 5.41 Å². The zero-order valence-electron chi connectivity index (χ0n) is 9.57. The van der Waals surface area contributed by atoms with Gasteiger partial charge in [0.2, 0.25) is 0 Å². The Hall–Kier alpha value is -1.71. The number of anilines is 1. The van der Waals surface area contributed by atoms with E-state index in [0.29, 0.717) is 0 Å². The van der Waals surface area contributed by atoms with Crippen molar-refractivity contribution in [3.63, 3.8) is 0 Å². The van der Waals surface area contributed by atoms with Gasteiger partial charge < -0.3 is 4.90 Å². The van der Waals surface area contributed by atoms with Crippen LogP contribution in [0.5, 0.6) is 0 Å². The fourth-order valence-electron chi connectivity index (χ4n) is 1.34. The van der Waals surface area contributed by atoms with E-state index in [2.05, 4.69) is 15.1 Å². The molecule has 80 valence electrons. The highest BCUT2D eigenvalue weighted by atomic mass is 15.1. The van der Waals surface area contributed by atoms with Crippen LogP contribution in [0.2, 0.25) is 0 Å². The maximum atomic E-state index is 7.14. The van der Waals surface area contributed by atoms with Gasteiger partial charge >= 0.3 is 0 Å². The molecule has 0 amide bonds. The van der Waals surface area contributed by atoms with E-state index in [9.17, 15) is 0 Å². The second-order valence-corrected chi connectivity index (χ2v) is 3.65.